The maximum Gasteiger partial charge on any atom is 0.411 e. The Hall–Kier alpha value is -2.76. The van der Waals surface area contributed by atoms with Gasteiger partial charge in [0.25, 0.3) is 0 Å². The summed E-state index contributed by atoms with van der Waals surface area (Å²) in [5, 5.41) is 15.2. The van der Waals surface area contributed by atoms with Crippen molar-refractivity contribution in [2.75, 3.05) is 17.7 Å². The van der Waals surface area contributed by atoms with Gasteiger partial charge in [-0.1, -0.05) is 30.3 Å². The number of fused-ring (bicyclic) bond motifs is 1. The molecule has 6 nitrogen and oxygen atoms in total. The molecule has 0 fully saturated rings. The van der Waals surface area contributed by atoms with Gasteiger partial charge in [0.2, 0.25) is 0 Å². The fraction of sp³-hybridized carbons (Fsp3) is 0.0769. The number of anilines is 2. The van der Waals surface area contributed by atoms with Gasteiger partial charge in [-0.05, 0) is 11.5 Å². The maximum atomic E-state index is 11.4. The third-order valence-corrected chi connectivity index (χ3v) is 2.58. The van der Waals surface area contributed by atoms with Gasteiger partial charge in [0.15, 0.2) is 0 Å². The number of amides is 2. The SMILES string of the molecule is COC(=O)Nc1c(NC(=O)O)ccc2ccccc12. The van der Waals surface area contributed by atoms with Crippen LogP contribution < -0.4 is 10.6 Å². The van der Waals surface area contributed by atoms with Crippen molar-refractivity contribution in [3.8, 4) is 0 Å². The van der Waals surface area contributed by atoms with E-state index in [1.165, 1.54) is 7.11 Å². The molecule has 6 heteroatoms. The van der Waals surface area contributed by atoms with Crippen molar-refractivity contribution in [3.63, 3.8) is 0 Å². The second-order valence-corrected chi connectivity index (χ2v) is 3.76. The van der Waals surface area contributed by atoms with Crippen LogP contribution in [-0.2, 0) is 4.74 Å². The molecular formula is C13H12N2O4. The molecule has 2 aromatic rings. The van der Waals surface area contributed by atoms with Crippen LogP contribution in [0.4, 0.5) is 21.0 Å². The van der Waals surface area contributed by atoms with Gasteiger partial charge >= 0.3 is 12.2 Å². The van der Waals surface area contributed by atoms with E-state index < -0.39 is 12.2 Å². The molecule has 0 radical (unpaired) electrons. The Kier molecular flexibility index (Phi) is 3.51. The van der Waals surface area contributed by atoms with Crippen LogP contribution >= 0.6 is 0 Å². The molecule has 2 aromatic carbocycles. The summed E-state index contributed by atoms with van der Waals surface area (Å²) in [4.78, 5) is 22.1. The zero-order chi connectivity index (χ0) is 13.8. The standard InChI is InChI=1S/C13H12N2O4/c1-19-13(18)15-11-9-5-3-2-4-8(9)6-7-10(11)14-12(16)17/h2-7,14H,1H3,(H,15,18)(H,16,17). The van der Waals surface area contributed by atoms with Gasteiger partial charge in [0.05, 0.1) is 18.5 Å². The predicted octanol–water partition coefficient (Wildman–Crippen LogP) is 3.11. The average Bonchev–Trinajstić information content (AvgIpc) is 2.40. The second-order valence-electron chi connectivity index (χ2n) is 3.76. The molecule has 2 amide bonds. The lowest BCUT2D eigenvalue weighted by Gasteiger charge is -2.13. The van der Waals surface area contributed by atoms with E-state index in [1.807, 2.05) is 12.1 Å². The summed E-state index contributed by atoms with van der Waals surface area (Å²) >= 11 is 0. The fourth-order valence-corrected chi connectivity index (χ4v) is 1.78. The molecule has 0 aliphatic carbocycles. The van der Waals surface area contributed by atoms with Gasteiger partial charge in [-0.15, -0.1) is 0 Å². The van der Waals surface area contributed by atoms with Crippen LogP contribution in [0.5, 0.6) is 0 Å². The Bertz CT molecular complexity index is 640. The summed E-state index contributed by atoms with van der Waals surface area (Å²) in [6, 6.07) is 10.7. The lowest BCUT2D eigenvalue weighted by Crippen LogP contribution is -2.15. The number of hydrogen-bond donors (Lipinski definition) is 3. The van der Waals surface area contributed by atoms with E-state index in [0.29, 0.717) is 5.69 Å². The van der Waals surface area contributed by atoms with Crippen molar-refractivity contribution < 1.29 is 19.4 Å². The van der Waals surface area contributed by atoms with Crippen molar-refractivity contribution in [3.05, 3.63) is 36.4 Å². The minimum absolute atomic E-state index is 0.289. The van der Waals surface area contributed by atoms with Gasteiger partial charge in [0, 0.05) is 5.39 Å². The Morgan fingerprint density at radius 1 is 1.11 bits per heavy atom. The first-order valence-corrected chi connectivity index (χ1v) is 5.48. The Balaban J connectivity index is 2.57. The molecule has 0 heterocycles. The molecule has 0 unspecified atom stereocenters. The van der Waals surface area contributed by atoms with Crippen LogP contribution in [0.2, 0.25) is 0 Å². The molecule has 0 aromatic heterocycles. The lowest BCUT2D eigenvalue weighted by atomic mass is 10.1. The van der Waals surface area contributed by atoms with E-state index in [2.05, 4.69) is 15.4 Å². The van der Waals surface area contributed by atoms with Crippen molar-refractivity contribution >= 4 is 34.3 Å². The van der Waals surface area contributed by atoms with E-state index in [4.69, 9.17) is 5.11 Å². The van der Waals surface area contributed by atoms with Crippen LogP contribution in [0.15, 0.2) is 36.4 Å². The number of benzene rings is 2. The number of hydrogen-bond acceptors (Lipinski definition) is 3. The van der Waals surface area contributed by atoms with Gasteiger partial charge in [-0.3, -0.25) is 10.6 Å². The van der Waals surface area contributed by atoms with Crippen LogP contribution in [0.3, 0.4) is 0 Å². The Labute approximate surface area is 109 Å². The third-order valence-electron chi connectivity index (χ3n) is 2.58. The summed E-state index contributed by atoms with van der Waals surface area (Å²) in [7, 11) is 1.24. The number of ether oxygens (including phenoxy) is 1. The quantitative estimate of drug-likeness (QED) is 0.774. The minimum Gasteiger partial charge on any atom is -0.465 e. The third kappa shape index (κ3) is 2.74. The van der Waals surface area contributed by atoms with Crippen LogP contribution in [-0.4, -0.2) is 24.4 Å². The summed E-state index contributed by atoms with van der Waals surface area (Å²) in [5.74, 6) is 0. The zero-order valence-electron chi connectivity index (χ0n) is 10.1. The fourth-order valence-electron chi connectivity index (χ4n) is 1.78. The Morgan fingerprint density at radius 3 is 2.53 bits per heavy atom. The first-order chi connectivity index (χ1) is 9.11. The second kappa shape index (κ2) is 5.26. The molecule has 2 rings (SSSR count). The summed E-state index contributed by atoms with van der Waals surface area (Å²) in [6.45, 7) is 0. The van der Waals surface area contributed by atoms with E-state index in [1.54, 1.807) is 24.3 Å². The predicted molar refractivity (Wildman–Crippen MR) is 71.6 cm³/mol. The molecule has 0 bridgehead atoms. The largest absolute Gasteiger partial charge is 0.465 e. The highest BCUT2D eigenvalue weighted by Crippen LogP contribution is 2.31. The van der Waals surface area contributed by atoms with Crippen LogP contribution in [0.1, 0.15) is 0 Å². The normalized spacial score (nSPS) is 9.95. The molecule has 0 aliphatic rings. The van der Waals surface area contributed by atoms with E-state index in [-0.39, 0.29) is 5.69 Å². The lowest BCUT2D eigenvalue weighted by molar-refractivity contribution is 0.187. The summed E-state index contributed by atoms with van der Waals surface area (Å²) < 4.78 is 4.54. The molecule has 0 saturated heterocycles. The number of carboxylic acid groups (broad SMARTS) is 1. The molecule has 98 valence electrons. The van der Waals surface area contributed by atoms with Gasteiger partial charge in [-0.25, -0.2) is 9.59 Å². The molecule has 0 aliphatic heterocycles. The highest BCUT2D eigenvalue weighted by Gasteiger charge is 2.12. The van der Waals surface area contributed by atoms with Crippen molar-refractivity contribution in [1.82, 2.24) is 0 Å². The number of rotatable bonds is 2. The molecule has 0 spiro atoms. The van der Waals surface area contributed by atoms with Gasteiger partial charge in [-0.2, -0.15) is 0 Å². The van der Waals surface area contributed by atoms with Gasteiger partial charge < -0.3 is 9.84 Å². The topological polar surface area (TPSA) is 87.7 Å². The van der Waals surface area contributed by atoms with Gasteiger partial charge in [0.1, 0.15) is 0 Å². The average molecular weight is 260 g/mol. The number of carbonyl (C=O) groups excluding carboxylic acids is 1. The molecule has 0 saturated carbocycles. The highest BCUT2D eigenvalue weighted by molar-refractivity contribution is 6.07. The first-order valence-electron chi connectivity index (χ1n) is 5.48. The van der Waals surface area contributed by atoms with Crippen LogP contribution in [0.25, 0.3) is 10.8 Å². The molecule has 0 atom stereocenters. The van der Waals surface area contributed by atoms with Crippen molar-refractivity contribution in [2.45, 2.75) is 0 Å². The highest BCUT2D eigenvalue weighted by atomic mass is 16.5. The van der Waals surface area contributed by atoms with E-state index in [0.717, 1.165) is 10.8 Å². The monoisotopic (exact) mass is 260 g/mol. The van der Waals surface area contributed by atoms with Crippen LogP contribution in [0, 0.1) is 0 Å². The molecule has 19 heavy (non-hydrogen) atoms. The summed E-state index contributed by atoms with van der Waals surface area (Å²) in [6.07, 6.45) is -1.87. The molecular weight excluding hydrogens is 248 g/mol. The summed E-state index contributed by atoms with van der Waals surface area (Å²) in [5.41, 5.74) is 0.656. The number of methoxy groups -OCH3 is 1. The number of carbonyl (C=O) groups is 2. The Morgan fingerprint density at radius 2 is 1.84 bits per heavy atom. The minimum atomic E-state index is -1.21. The van der Waals surface area contributed by atoms with Crippen molar-refractivity contribution in [1.29, 1.82) is 0 Å². The van der Waals surface area contributed by atoms with Crippen molar-refractivity contribution in [2.24, 2.45) is 0 Å². The maximum absolute atomic E-state index is 11.4. The first kappa shape index (κ1) is 12.7. The zero-order valence-corrected chi connectivity index (χ0v) is 10.1. The molecule has 3 N–H and O–H groups in total. The number of nitrogens with one attached hydrogen (secondary N) is 2. The van der Waals surface area contributed by atoms with E-state index in [9.17, 15) is 9.59 Å². The van der Waals surface area contributed by atoms with E-state index >= 15 is 0 Å². The smallest absolute Gasteiger partial charge is 0.411 e.